The summed E-state index contributed by atoms with van der Waals surface area (Å²) in [6, 6.07) is 6.24. The van der Waals surface area contributed by atoms with E-state index >= 15 is 0 Å². The highest BCUT2D eigenvalue weighted by molar-refractivity contribution is 5.96. The van der Waals surface area contributed by atoms with Crippen LogP contribution in [0.25, 0.3) is 11.1 Å². The highest BCUT2D eigenvalue weighted by Crippen LogP contribution is 2.29. The van der Waals surface area contributed by atoms with Crippen molar-refractivity contribution in [3.05, 3.63) is 40.4 Å². The normalized spacial score (nSPS) is 10.1. The quantitative estimate of drug-likeness (QED) is 0.755. The van der Waals surface area contributed by atoms with Crippen molar-refractivity contribution in [3.8, 4) is 22.6 Å². The van der Waals surface area contributed by atoms with Gasteiger partial charge in [0.1, 0.15) is 5.75 Å². The fourth-order valence-corrected chi connectivity index (χ4v) is 1.65. The minimum Gasteiger partial charge on any atom is -0.867 e. The molecule has 1 aromatic heterocycles. The van der Waals surface area contributed by atoms with Gasteiger partial charge in [0.2, 0.25) is 0 Å². The highest BCUT2D eigenvalue weighted by atomic mass is 16.5. The molecule has 1 aromatic carbocycles. The molecule has 0 amide bonds. The largest absolute Gasteiger partial charge is 0.867 e. The van der Waals surface area contributed by atoms with Gasteiger partial charge in [0.05, 0.1) is 14.2 Å². The summed E-state index contributed by atoms with van der Waals surface area (Å²) in [5, 5.41) is 15.2. The molecular weight excluding hydrogens is 266 g/mol. The number of esters is 1. The fourth-order valence-electron chi connectivity index (χ4n) is 1.65. The summed E-state index contributed by atoms with van der Waals surface area (Å²) in [5.74, 6) is -1.25. The van der Waals surface area contributed by atoms with Crippen molar-refractivity contribution in [2.24, 2.45) is 0 Å². The molecular formula is C13H10NO6-. The van der Waals surface area contributed by atoms with Gasteiger partial charge in [0.25, 0.3) is 0 Å². The van der Waals surface area contributed by atoms with Gasteiger partial charge in [-0.15, -0.1) is 0 Å². The second-order valence-electron chi connectivity index (χ2n) is 3.74. The predicted molar refractivity (Wildman–Crippen MR) is 65.5 cm³/mol. The number of aromatic nitrogens is 1. The van der Waals surface area contributed by atoms with E-state index in [-0.39, 0.29) is 11.3 Å². The number of carbonyl (C=O) groups is 1. The lowest BCUT2D eigenvalue weighted by Crippen LogP contribution is -2.17. The van der Waals surface area contributed by atoms with Gasteiger partial charge in [-0.3, -0.25) is 0 Å². The number of carbonyl (C=O) groups excluding carboxylic acids is 1. The Morgan fingerprint density at radius 3 is 2.45 bits per heavy atom. The molecule has 0 saturated heterocycles. The summed E-state index contributed by atoms with van der Waals surface area (Å²) in [6.45, 7) is 0. The van der Waals surface area contributed by atoms with Crippen molar-refractivity contribution in [3.63, 3.8) is 0 Å². The maximum Gasteiger partial charge on any atom is 0.360 e. The zero-order valence-corrected chi connectivity index (χ0v) is 10.7. The molecule has 0 saturated carbocycles. The molecule has 1 heterocycles. The van der Waals surface area contributed by atoms with Gasteiger partial charge in [-0.05, 0) is 23.4 Å². The standard InChI is InChI=1S/C13H11NO6/c1-18-8-5-3-7(4-6-8)9-10(12(16)19-2)14-20-13(17)11(9)15/h3-6,15H,1-2H3/p-1. The Labute approximate surface area is 113 Å². The minimum atomic E-state index is -1.15. The van der Waals surface area contributed by atoms with Crippen LogP contribution in [0.15, 0.2) is 33.6 Å². The Morgan fingerprint density at radius 1 is 1.25 bits per heavy atom. The fraction of sp³-hybridized carbons (Fsp3) is 0.154. The van der Waals surface area contributed by atoms with Gasteiger partial charge in [-0.1, -0.05) is 17.3 Å². The molecule has 0 aliphatic rings. The second-order valence-corrected chi connectivity index (χ2v) is 3.74. The number of hydrogen-bond donors (Lipinski definition) is 0. The first-order valence-electron chi connectivity index (χ1n) is 5.52. The number of ether oxygens (including phenoxy) is 2. The molecule has 0 fully saturated rings. The molecule has 0 unspecified atom stereocenters. The molecule has 7 nitrogen and oxygen atoms in total. The Balaban J connectivity index is 2.66. The Bertz CT molecular complexity index is 689. The first-order chi connectivity index (χ1) is 9.58. The summed E-state index contributed by atoms with van der Waals surface area (Å²) in [7, 11) is 2.63. The van der Waals surface area contributed by atoms with Gasteiger partial charge in [0.15, 0.2) is 5.69 Å². The monoisotopic (exact) mass is 276 g/mol. The van der Waals surface area contributed by atoms with Crippen molar-refractivity contribution in [1.29, 1.82) is 0 Å². The van der Waals surface area contributed by atoms with E-state index in [0.29, 0.717) is 11.3 Å². The first kappa shape index (κ1) is 13.6. The van der Waals surface area contributed by atoms with Gasteiger partial charge in [0, 0.05) is 5.56 Å². The third-order valence-electron chi connectivity index (χ3n) is 2.63. The van der Waals surface area contributed by atoms with E-state index in [4.69, 9.17) is 4.74 Å². The minimum absolute atomic E-state index is 0.157. The lowest BCUT2D eigenvalue weighted by molar-refractivity contribution is -0.271. The number of methoxy groups -OCH3 is 2. The van der Waals surface area contributed by atoms with Crippen LogP contribution in [-0.2, 0) is 4.74 Å². The molecule has 7 heteroatoms. The molecule has 0 atom stereocenters. The summed E-state index contributed by atoms with van der Waals surface area (Å²) in [4.78, 5) is 22.9. The van der Waals surface area contributed by atoms with Crippen LogP contribution in [0.1, 0.15) is 10.5 Å². The maximum absolute atomic E-state index is 11.9. The smallest absolute Gasteiger partial charge is 0.360 e. The summed E-state index contributed by atoms with van der Waals surface area (Å²) >= 11 is 0. The third kappa shape index (κ3) is 2.33. The predicted octanol–water partition coefficient (Wildman–Crippen LogP) is 0.571. The molecule has 2 aromatic rings. The molecule has 104 valence electrons. The average molecular weight is 276 g/mol. The molecule has 0 spiro atoms. The molecule has 0 aliphatic carbocycles. The van der Waals surface area contributed by atoms with E-state index in [1.165, 1.54) is 19.2 Å². The van der Waals surface area contributed by atoms with Crippen molar-refractivity contribution < 1.29 is 23.9 Å². The van der Waals surface area contributed by atoms with Crippen LogP contribution in [0.5, 0.6) is 11.5 Å². The van der Waals surface area contributed by atoms with E-state index in [1.54, 1.807) is 12.1 Å². The third-order valence-corrected chi connectivity index (χ3v) is 2.63. The lowest BCUT2D eigenvalue weighted by atomic mass is 10.0. The summed E-state index contributed by atoms with van der Waals surface area (Å²) in [6.07, 6.45) is 0. The van der Waals surface area contributed by atoms with Crippen LogP contribution >= 0.6 is 0 Å². The lowest BCUT2D eigenvalue weighted by Gasteiger charge is -2.13. The second kappa shape index (κ2) is 5.43. The topological polar surface area (TPSA) is 102 Å². The molecule has 0 radical (unpaired) electrons. The van der Waals surface area contributed by atoms with Crippen molar-refractivity contribution in [1.82, 2.24) is 5.16 Å². The van der Waals surface area contributed by atoms with Gasteiger partial charge in [-0.25, -0.2) is 9.59 Å². The van der Waals surface area contributed by atoms with Crippen LogP contribution in [-0.4, -0.2) is 25.3 Å². The van der Waals surface area contributed by atoms with Gasteiger partial charge >= 0.3 is 11.6 Å². The van der Waals surface area contributed by atoms with E-state index < -0.39 is 17.3 Å². The Kier molecular flexibility index (Phi) is 3.69. The van der Waals surface area contributed by atoms with Crippen molar-refractivity contribution in [2.75, 3.05) is 14.2 Å². The number of benzene rings is 1. The summed E-state index contributed by atoms with van der Waals surface area (Å²) < 4.78 is 13.8. The van der Waals surface area contributed by atoms with Crippen LogP contribution in [0.3, 0.4) is 0 Å². The van der Waals surface area contributed by atoms with E-state index in [1.807, 2.05) is 0 Å². The van der Waals surface area contributed by atoms with E-state index in [9.17, 15) is 14.7 Å². The average Bonchev–Trinajstić information content (AvgIpc) is 2.49. The van der Waals surface area contributed by atoms with Gasteiger partial charge < -0.3 is 19.1 Å². The Morgan fingerprint density at radius 2 is 1.90 bits per heavy atom. The van der Waals surface area contributed by atoms with Crippen molar-refractivity contribution >= 4 is 5.97 Å². The summed E-state index contributed by atoms with van der Waals surface area (Å²) in [5.41, 5.74) is -1.31. The number of hydrogen-bond acceptors (Lipinski definition) is 7. The molecule has 0 aliphatic heterocycles. The van der Waals surface area contributed by atoms with E-state index in [2.05, 4.69) is 14.4 Å². The first-order valence-corrected chi connectivity index (χ1v) is 5.52. The van der Waals surface area contributed by atoms with Gasteiger partial charge in [-0.2, -0.15) is 0 Å². The van der Waals surface area contributed by atoms with Crippen LogP contribution < -0.4 is 15.5 Å². The molecule has 20 heavy (non-hydrogen) atoms. The molecule has 0 N–H and O–H groups in total. The van der Waals surface area contributed by atoms with E-state index in [0.717, 1.165) is 7.11 Å². The Hall–Kier alpha value is -2.83. The zero-order chi connectivity index (χ0) is 14.7. The molecule has 2 rings (SSSR count). The van der Waals surface area contributed by atoms with Crippen LogP contribution in [0, 0.1) is 0 Å². The molecule has 0 bridgehead atoms. The SMILES string of the molecule is COC(=O)c1noc(=O)c([O-])c1-c1ccc(OC)cc1. The van der Waals surface area contributed by atoms with Crippen molar-refractivity contribution in [2.45, 2.75) is 0 Å². The number of rotatable bonds is 3. The maximum atomic E-state index is 11.9. The van der Waals surface area contributed by atoms with Crippen LogP contribution in [0.2, 0.25) is 0 Å². The number of nitrogens with zero attached hydrogens (tertiary/aromatic N) is 1. The van der Waals surface area contributed by atoms with Crippen LogP contribution in [0.4, 0.5) is 0 Å². The highest BCUT2D eigenvalue weighted by Gasteiger charge is 2.19. The zero-order valence-electron chi connectivity index (χ0n) is 10.7.